The third kappa shape index (κ3) is 3.57. The first-order chi connectivity index (χ1) is 6.91. The predicted octanol–water partition coefficient (Wildman–Crippen LogP) is 3.37. The van der Waals surface area contributed by atoms with E-state index in [0.29, 0.717) is 10.1 Å². The van der Waals surface area contributed by atoms with Gasteiger partial charge >= 0.3 is 0 Å². The van der Waals surface area contributed by atoms with E-state index in [-0.39, 0.29) is 0 Å². The summed E-state index contributed by atoms with van der Waals surface area (Å²) in [4.78, 5) is 0. The second-order valence-corrected chi connectivity index (χ2v) is 5.32. The molecule has 7 heteroatoms. The number of thiocarbonyl (C=S) groups is 1. The first kappa shape index (κ1) is 13.2. The molecule has 15 heavy (non-hydrogen) atoms. The average molecular weight is 374 g/mol. The maximum Gasteiger partial charge on any atom is 0.187 e. The lowest BCUT2D eigenvalue weighted by Gasteiger charge is -2.17. The van der Waals surface area contributed by atoms with Crippen molar-refractivity contribution in [3.05, 3.63) is 26.1 Å². The molecule has 0 spiro atoms. The first-order valence-electron chi connectivity index (χ1n) is 3.85. The van der Waals surface area contributed by atoms with Gasteiger partial charge in [-0.15, -0.1) is 0 Å². The quantitative estimate of drug-likeness (QED) is 0.450. The normalized spacial score (nSPS) is 9.93. The SMILES string of the molecule is CN(N)C(=S)Nc1c(Br)cc(Cl)cc1Br. The van der Waals surface area contributed by atoms with Crippen LogP contribution in [0.15, 0.2) is 21.1 Å². The van der Waals surface area contributed by atoms with Gasteiger partial charge in [0.2, 0.25) is 0 Å². The van der Waals surface area contributed by atoms with Gasteiger partial charge in [0, 0.05) is 21.0 Å². The van der Waals surface area contributed by atoms with Crippen LogP contribution in [0.1, 0.15) is 0 Å². The molecular weight excluding hydrogens is 365 g/mol. The molecule has 0 heterocycles. The first-order valence-corrected chi connectivity index (χ1v) is 6.23. The molecular formula is C8H8Br2ClN3S. The minimum Gasteiger partial charge on any atom is -0.330 e. The van der Waals surface area contributed by atoms with Gasteiger partial charge in [-0.3, -0.25) is 5.01 Å². The van der Waals surface area contributed by atoms with Crippen LogP contribution in [-0.4, -0.2) is 17.2 Å². The van der Waals surface area contributed by atoms with Crippen LogP contribution in [-0.2, 0) is 0 Å². The van der Waals surface area contributed by atoms with Crippen molar-refractivity contribution in [2.24, 2.45) is 5.84 Å². The molecule has 0 aliphatic carbocycles. The topological polar surface area (TPSA) is 41.3 Å². The molecule has 3 nitrogen and oxygen atoms in total. The van der Waals surface area contributed by atoms with Crippen molar-refractivity contribution in [2.45, 2.75) is 0 Å². The van der Waals surface area contributed by atoms with Gasteiger partial charge in [-0.2, -0.15) is 0 Å². The van der Waals surface area contributed by atoms with Crippen LogP contribution >= 0.6 is 55.7 Å². The van der Waals surface area contributed by atoms with Crippen molar-refractivity contribution < 1.29 is 0 Å². The Morgan fingerprint density at radius 1 is 1.47 bits per heavy atom. The molecule has 1 aromatic rings. The highest BCUT2D eigenvalue weighted by Crippen LogP contribution is 2.34. The van der Waals surface area contributed by atoms with Gasteiger partial charge in [0.1, 0.15) is 0 Å². The van der Waals surface area contributed by atoms with Crippen molar-refractivity contribution in [1.82, 2.24) is 5.01 Å². The monoisotopic (exact) mass is 371 g/mol. The lowest BCUT2D eigenvalue weighted by molar-refractivity contribution is 0.548. The number of benzene rings is 1. The maximum atomic E-state index is 5.87. The molecule has 0 saturated heterocycles. The highest BCUT2D eigenvalue weighted by atomic mass is 79.9. The van der Waals surface area contributed by atoms with E-state index >= 15 is 0 Å². The van der Waals surface area contributed by atoms with Gasteiger partial charge in [0.25, 0.3) is 0 Å². The van der Waals surface area contributed by atoms with E-state index < -0.39 is 0 Å². The zero-order chi connectivity index (χ0) is 11.6. The second kappa shape index (κ2) is 5.45. The molecule has 0 bridgehead atoms. The van der Waals surface area contributed by atoms with Gasteiger partial charge < -0.3 is 5.32 Å². The van der Waals surface area contributed by atoms with E-state index in [2.05, 4.69) is 37.2 Å². The van der Waals surface area contributed by atoms with E-state index in [1.165, 1.54) is 5.01 Å². The van der Waals surface area contributed by atoms with Crippen LogP contribution in [0.25, 0.3) is 0 Å². The Labute approximate surface area is 115 Å². The molecule has 0 saturated carbocycles. The number of nitrogens with one attached hydrogen (secondary N) is 1. The molecule has 0 aliphatic rings. The summed E-state index contributed by atoms with van der Waals surface area (Å²) in [5, 5.41) is 5.35. The van der Waals surface area contributed by atoms with E-state index in [4.69, 9.17) is 29.7 Å². The zero-order valence-electron chi connectivity index (χ0n) is 7.72. The minimum absolute atomic E-state index is 0.415. The molecule has 82 valence electrons. The average Bonchev–Trinajstić information content (AvgIpc) is 2.10. The number of halogens is 3. The summed E-state index contributed by atoms with van der Waals surface area (Å²) in [6, 6.07) is 3.54. The Bertz CT molecular complexity index is 374. The standard InChI is InChI=1S/C8H8Br2ClN3S/c1-14(12)8(15)13-7-5(9)2-4(11)3-6(7)10/h2-3H,12H2,1H3,(H,13,15). The van der Waals surface area contributed by atoms with Crippen LogP contribution < -0.4 is 11.2 Å². The van der Waals surface area contributed by atoms with Gasteiger partial charge in [-0.05, 0) is 56.2 Å². The molecule has 0 unspecified atom stereocenters. The number of nitrogens with zero attached hydrogens (tertiary/aromatic N) is 1. The van der Waals surface area contributed by atoms with Crippen LogP contribution in [0.3, 0.4) is 0 Å². The van der Waals surface area contributed by atoms with Crippen molar-refractivity contribution in [3.8, 4) is 0 Å². The summed E-state index contributed by atoms with van der Waals surface area (Å²) >= 11 is 17.7. The molecule has 1 rings (SSSR count). The number of hydrogen-bond donors (Lipinski definition) is 2. The Morgan fingerprint density at radius 2 is 1.93 bits per heavy atom. The number of hydrazine groups is 1. The van der Waals surface area contributed by atoms with Gasteiger partial charge in [-0.25, -0.2) is 5.84 Å². The lowest BCUT2D eigenvalue weighted by Crippen LogP contribution is -2.36. The lowest BCUT2D eigenvalue weighted by atomic mass is 10.3. The van der Waals surface area contributed by atoms with Crippen molar-refractivity contribution in [1.29, 1.82) is 0 Å². The maximum absolute atomic E-state index is 5.87. The highest BCUT2D eigenvalue weighted by molar-refractivity contribution is 9.11. The number of rotatable bonds is 1. The summed E-state index contributed by atoms with van der Waals surface area (Å²) in [5.74, 6) is 5.49. The van der Waals surface area contributed by atoms with Gasteiger partial charge in [0.15, 0.2) is 5.11 Å². The summed E-state index contributed by atoms with van der Waals surface area (Å²) in [7, 11) is 1.66. The molecule has 0 aliphatic heterocycles. The predicted molar refractivity (Wildman–Crippen MR) is 75.0 cm³/mol. The Balaban J connectivity index is 3.00. The third-order valence-electron chi connectivity index (χ3n) is 1.56. The minimum atomic E-state index is 0.415. The Hall–Kier alpha value is 0.120. The molecule has 1 aromatic carbocycles. The van der Waals surface area contributed by atoms with Crippen LogP contribution in [0.5, 0.6) is 0 Å². The van der Waals surface area contributed by atoms with Crippen LogP contribution in [0.4, 0.5) is 5.69 Å². The van der Waals surface area contributed by atoms with Crippen molar-refractivity contribution in [3.63, 3.8) is 0 Å². The second-order valence-electron chi connectivity index (χ2n) is 2.79. The number of hydrogen-bond acceptors (Lipinski definition) is 2. The van der Waals surface area contributed by atoms with E-state index in [1.54, 1.807) is 19.2 Å². The molecule has 0 aromatic heterocycles. The molecule has 0 atom stereocenters. The summed E-state index contributed by atoms with van der Waals surface area (Å²) in [6.45, 7) is 0. The molecule has 0 amide bonds. The van der Waals surface area contributed by atoms with E-state index in [9.17, 15) is 0 Å². The fraction of sp³-hybridized carbons (Fsp3) is 0.125. The zero-order valence-corrected chi connectivity index (χ0v) is 12.5. The van der Waals surface area contributed by atoms with Crippen LogP contribution in [0, 0.1) is 0 Å². The number of anilines is 1. The molecule has 0 radical (unpaired) electrons. The Kier molecular flexibility index (Phi) is 4.79. The van der Waals surface area contributed by atoms with Crippen molar-refractivity contribution >= 4 is 66.5 Å². The highest BCUT2D eigenvalue weighted by Gasteiger charge is 2.09. The summed E-state index contributed by atoms with van der Waals surface area (Å²) in [6.07, 6.45) is 0. The van der Waals surface area contributed by atoms with E-state index in [0.717, 1.165) is 14.6 Å². The Morgan fingerprint density at radius 3 is 2.33 bits per heavy atom. The summed E-state index contributed by atoms with van der Waals surface area (Å²) in [5.41, 5.74) is 0.793. The van der Waals surface area contributed by atoms with Crippen LogP contribution in [0.2, 0.25) is 5.02 Å². The number of nitrogens with two attached hydrogens (primary N) is 1. The third-order valence-corrected chi connectivity index (χ3v) is 3.42. The molecule has 0 fully saturated rings. The van der Waals surface area contributed by atoms with E-state index in [1.807, 2.05) is 0 Å². The fourth-order valence-electron chi connectivity index (χ4n) is 0.857. The summed E-state index contributed by atoms with van der Waals surface area (Å²) < 4.78 is 1.62. The van der Waals surface area contributed by atoms with Gasteiger partial charge in [-0.1, -0.05) is 11.6 Å². The largest absolute Gasteiger partial charge is 0.330 e. The van der Waals surface area contributed by atoms with Crippen molar-refractivity contribution in [2.75, 3.05) is 12.4 Å². The molecule has 3 N–H and O–H groups in total. The smallest absolute Gasteiger partial charge is 0.187 e. The van der Waals surface area contributed by atoms with Gasteiger partial charge in [0.05, 0.1) is 5.69 Å². The fourth-order valence-corrected chi connectivity index (χ4v) is 2.83.